The summed E-state index contributed by atoms with van der Waals surface area (Å²) in [6, 6.07) is 2.02. The smallest absolute Gasteiger partial charge is 0.0794 e. The van der Waals surface area contributed by atoms with Crippen LogP contribution in [0.2, 0.25) is 0 Å². The summed E-state index contributed by atoms with van der Waals surface area (Å²) in [5.41, 5.74) is 7.36. The third kappa shape index (κ3) is 2.35. The van der Waals surface area contributed by atoms with Crippen molar-refractivity contribution in [3.8, 4) is 0 Å². The average molecular weight is 195 g/mol. The third-order valence-corrected chi connectivity index (χ3v) is 2.98. The topological polar surface area (TPSA) is 43.8 Å². The van der Waals surface area contributed by atoms with E-state index < -0.39 is 0 Å². The lowest BCUT2D eigenvalue weighted by Gasteiger charge is -2.31. The van der Waals surface area contributed by atoms with Crippen LogP contribution in [0.1, 0.15) is 39.4 Å². The van der Waals surface area contributed by atoms with Crippen molar-refractivity contribution in [3.05, 3.63) is 18.0 Å². The summed E-state index contributed by atoms with van der Waals surface area (Å²) in [5, 5.41) is 4.34. The van der Waals surface area contributed by atoms with Gasteiger partial charge in [0.05, 0.1) is 11.7 Å². The molecule has 0 saturated carbocycles. The first-order valence-corrected chi connectivity index (χ1v) is 5.07. The zero-order valence-corrected chi connectivity index (χ0v) is 9.78. The molecule has 0 aliphatic carbocycles. The molecule has 0 aliphatic heterocycles. The van der Waals surface area contributed by atoms with Gasteiger partial charge in [0, 0.05) is 13.2 Å². The minimum absolute atomic E-state index is 0.0243. The van der Waals surface area contributed by atoms with Crippen molar-refractivity contribution in [1.29, 1.82) is 0 Å². The first-order chi connectivity index (χ1) is 6.32. The number of hydrogen-bond acceptors (Lipinski definition) is 2. The predicted octanol–water partition coefficient (Wildman–Crippen LogP) is 2.10. The maximum absolute atomic E-state index is 6.16. The monoisotopic (exact) mass is 195 g/mol. The highest BCUT2D eigenvalue weighted by molar-refractivity contribution is 5.06. The van der Waals surface area contributed by atoms with Gasteiger partial charge in [0.2, 0.25) is 0 Å². The van der Waals surface area contributed by atoms with E-state index in [0.717, 1.165) is 5.69 Å². The Morgan fingerprint density at radius 2 is 2.00 bits per heavy atom. The average Bonchev–Trinajstić information content (AvgIpc) is 2.47. The van der Waals surface area contributed by atoms with Crippen LogP contribution >= 0.6 is 0 Å². The SMILES string of the molecule is CC(C(N)c1ccn(C)n1)C(C)(C)C. The summed E-state index contributed by atoms with van der Waals surface area (Å²) in [4.78, 5) is 0. The Labute approximate surface area is 86.3 Å². The van der Waals surface area contributed by atoms with Crippen molar-refractivity contribution in [2.24, 2.45) is 24.1 Å². The summed E-state index contributed by atoms with van der Waals surface area (Å²) < 4.78 is 1.80. The molecule has 80 valence electrons. The second kappa shape index (κ2) is 3.73. The molecule has 1 heterocycles. The number of nitrogens with two attached hydrogens (primary N) is 1. The fraction of sp³-hybridized carbons (Fsp3) is 0.727. The van der Waals surface area contributed by atoms with E-state index in [1.807, 2.05) is 19.3 Å². The maximum atomic E-state index is 6.16. The Kier molecular flexibility index (Phi) is 3.00. The molecule has 0 spiro atoms. The molecule has 0 bridgehead atoms. The molecule has 0 aromatic carbocycles. The minimum atomic E-state index is 0.0243. The molecule has 14 heavy (non-hydrogen) atoms. The van der Waals surface area contributed by atoms with Crippen LogP contribution in [0.15, 0.2) is 12.3 Å². The van der Waals surface area contributed by atoms with E-state index >= 15 is 0 Å². The van der Waals surface area contributed by atoms with E-state index in [1.165, 1.54) is 0 Å². The van der Waals surface area contributed by atoms with Gasteiger partial charge in [-0.05, 0) is 17.4 Å². The summed E-state index contributed by atoms with van der Waals surface area (Å²) in [7, 11) is 1.91. The number of aryl methyl sites for hydroxylation is 1. The lowest BCUT2D eigenvalue weighted by molar-refractivity contribution is 0.220. The standard InChI is InChI=1S/C11H21N3/c1-8(11(2,3)4)10(12)9-6-7-14(5)13-9/h6-8,10H,12H2,1-5H3. The van der Waals surface area contributed by atoms with Crippen molar-refractivity contribution in [3.63, 3.8) is 0 Å². The number of hydrogen-bond donors (Lipinski definition) is 1. The number of rotatable bonds is 2. The molecule has 1 aromatic heterocycles. The van der Waals surface area contributed by atoms with Crippen LogP contribution in [0.5, 0.6) is 0 Å². The van der Waals surface area contributed by atoms with Crippen LogP contribution in [0.4, 0.5) is 0 Å². The molecule has 0 amide bonds. The van der Waals surface area contributed by atoms with E-state index in [2.05, 4.69) is 32.8 Å². The van der Waals surface area contributed by atoms with Gasteiger partial charge >= 0.3 is 0 Å². The fourth-order valence-corrected chi connectivity index (χ4v) is 1.41. The molecule has 3 nitrogen and oxygen atoms in total. The van der Waals surface area contributed by atoms with Crippen LogP contribution in [0.25, 0.3) is 0 Å². The molecule has 0 saturated heterocycles. The molecule has 2 unspecified atom stereocenters. The van der Waals surface area contributed by atoms with Gasteiger partial charge in [-0.1, -0.05) is 27.7 Å². The highest BCUT2D eigenvalue weighted by Crippen LogP contribution is 2.33. The Hall–Kier alpha value is -0.830. The first-order valence-electron chi connectivity index (χ1n) is 5.07. The molecular weight excluding hydrogens is 174 g/mol. The zero-order chi connectivity index (χ0) is 10.9. The molecule has 3 heteroatoms. The first kappa shape index (κ1) is 11.2. The number of aromatic nitrogens is 2. The predicted molar refractivity (Wildman–Crippen MR) is 58.8 cm³/mol. The summed E-state index contributed by atoms with van der Waals surface area (Å²) >= 11 is 0. The van der Waals surface area contributed by atoms with Gasteiger partial charge in [0.25, 0.3) is 0 Å². The lowest BCUT2D eigenvalue weighted by atomic mass is 9.77. The highest BCUT2D eigenvalue weighted by Gasteiger charge is 2.27. The van der Waals surface area contributed by atoms with Crippen molar-refractivity contribution >= 4 is 0 Å². The normalized spacial score (nSPS) is 16.7. The Morgan fingerprint density at radius 1 is 1.43 bits per heavy atom. The van der Waals surface area contributed by atoms with Crippen molar-refractivity contribution in [2.45, 2.75) is 33.7 Å². The van der Waals surface area contributed by atoms with Gasteiger partial charge < -0.3 is 5.73 Å². The van der Waals surface area contributed by atoms with Crippen LogP contribution in [-0.2, 0) is 7.05 Å². The van der Waals surface area contributed by atoms with E-state index in [4.69, 9.17) is 5.73 Å². The zero-order valence-electron chi connectivity index (χ0n) is 9.78. The molecule has 0 radical (unpaired) electrons. The highest BCUT2D eigenvalue weighted by atomic mass is 15.3. The molecule has 0 aliphatic rings. The van der Waals surface area contributed by atoms with E-state index in [1.54, 1.807) is 4.68 Å². The summed E-state index contributed by atoms with van der Waals surface area (Å²) in [6.45, 7) is 8.81. The molecular formula is C11H21N3. The van der Waals surface area contributed by atoms with Crippen LogP contribution in [0.3, 0.4) is 0 Å². The van der Waals surface area contributed by atoms with E-state index in [9.17, 15) is 0 Å². The molecule has 2 N–H and O–H groups in total. The Bertz CT molecular complexity index is 296. The van der Waals surface area contributed by atoms with Gasteiger partial charge in [0.1, 0.15) is 0 Å². The fourth-order valence-electron chi connectivity index (χ4n) is 1.41. The van der Waals surface area contributed by atoms with E-state index in [0.29, 0.717) is 5.92 Å². The largest absolute Gasteiger partial charge is 0.322 e. The van der Waals surface area contributed by atoms with Crippen LogP contribution in [-0.4, -0.2) is 9.78 Å². The van der Waals surface area contributed by atoms with Gasteiger partial charge in [-0.25, -0.2) is 0 Å². The van der Waals surface area contributed by atoms with Crippen LogP contribution in [0, 0.1) is 11.3 Å². The minimum Gasteiger partial charge on any atom is -0.322 e. The maximum Gasteiger partial charge on any atom is 0.0794 e. The van der Waals surface area contributed by atoms with E-state index in [-0.39, 0.29) is 11.5 Å². The molecule has 0 fully saturated rings. The van der Waals surface area contributed by atoms with Crippen LogP contribution < -0.4 is 5.73 Å². The lowest BCUT2D eigenvalue weighted by Crippen LogP contribution is -2.30. The summed E-state index contributed by atoms with van der Waals surface area (Å²) in [6.07, 6.45) is 1.94. The van der Waals surface area contributed by atoms with Gasteiger partial charge in [-0.15, -0.1) is 0 Å². The molecule has 1 rings (SSSR count). The Morgan fingerprint density at radius 3 is 2.36 bits per heavy atom. The molecule has 2 atom stereocenters. The van der Waals surface area contributed by atoms with Crippen molar-refractivity contribution < 1.29 is 0 Å². The van der Waals surface area contributed by atoms with Crippen molar-refractivity contribution in [1.82, 2.24) is 9.78 Å². The molecule has 1 aromatic rings. The van der Waals surface area contributed by atoms with Gasteiger partial charge in [0.15, 0.2) is 0 Å². The third-order valence-electron chi connectivity index (χ3n) is 2.98. The summed E-state index contributed by atoms with van der Waals surface area (Å²) in [5.74, 6) is 0.414. The van der Waals surface area contributed by atoms with Gasteiger partial charge in [-0.2, -0.15) is 5.10 Å². The second-order valence-corrected chi connectivity index (χ2v) is 5.09. The quantitative estimate of drug-likeness (QED) is 0.785. The number of nitrogens with zero attached hydrogens (tertiary/aromatic N) is 2. The second-order valence-electron chi connectivity index (χ2n) is 5.09. The van der Waals surface area contributed by atoms with Gasteiger partial charge in [-0.3, -0.25) is 4.68 Å². The Balaban J connectivity index is 2.80. The van der Waals surface area contributed by atoms with Crippen molar-refractivity contribution in [2.75, 3.05) is 0 Å².